The Balaban J connectivity index is 1.31. The average Bonchev–Trinajstić information content (AvgIpc) is 4.02. The Morgan fingerprint density at radius 2 is 0.902 bits per heavy atom. The van der Waals surface area contributed by atoms with Crippen molar-refractivity contribution in [3.05, 3.63) is 163 Å². The number of rotatable bonds is 4. The first-order valence-electron chi connectivity index (χ1n) is 23.7. The van der Waals surface area contributed by atoms with Crippen LogP contribution in [0, 0.1) is 0 Å². The Hall–Kier alpha value is -6.63. The minimum absolute atomic E-state index is 0.128. The van der Waals surface area contributed by atoms with Crippen molar-refractivity contribution >= 4 is 75.1 Å². The fourth-order valence-electron chi connectivity index (χ4n) is 6.67. The van der Waals surface area contributed by atoms with Gasteiger partial charge in [-0.05, 0) is 59.6 Å². The first-order chi connectivity index (χ1) is 31.9. The van der Waals surface area contributed by atoms with Crippen molar-refractivity contribution in [3.8, 4) is 34.4 Å². The summed E-state index contributed by atoms with van der Waals surface area (Å²) < 4.78 is 146. The molecule has 0 radical (unpaired) electrons. The number of thiophene rings is 1. The van der Waals surface area contributed by atoms with Gasteiger partial charge in [-0.1, -0.05) is 115 Å². The zero-order valence-electron chi connectivity index (χ0n) is 42.0. The van der Waals surface area contributed by atoms with Crippen LogP contribution in [0.3, 0.4) is 0 Å². The monoisotopic (exact) mass is 685 g/mol. The van der Waals surface area contributed by atoms with Gasteiger partial charge in [-0.3, -0.25) is 9.13 Å². The maximum Gasteiger partial charge on any atom is 0.240 e. The lowest BCUT2D eigenvalue weighted by molar-refractivity contribution is 0.893. The van der Waals surface area contributed by atoms with E-state index in [-0.39, 0.29) is 49.4 Å². The van der Waals surface area contributed by atoms with Gasteiger partial charge in [0.05, 0.1) is 44.0 Å². The Labute approximate surface area is 318 Å². The van der Waals surface area contributed by atoms with Crippen LogP contribution in [0.2, 0.25) is 0 Å². The van der Waals surface area contributed by atoms with E-state index in [0.29, 0.717) is 5.56 Å². The van der Waals surface area contributed by atoms with Crippen LogP contribution in [0.15, 0.2) is 163 Å². The third-order valence-corrected chi connectivity index (χ3v) is 10.1. The maximum atomic E-state index is 9.16. The molecule has 0 N–H and O–H groups in total. The molecule has 11 rings (SSSR count). The standard InChI is InChI=1S/C45H27N5S/c1-6-19-37-31(14-1)32-15-2-7-20-38(32)49(37)44-46-43(47-45(48-44)50-39-21-8-3-16-33(39)34-17-4-9-22-40(34)50)30-13-11-12-28(26-30)29-24-25-42-36(27-29)35-18-5-10-23-41(35)51-42/h1-27H/i1D,2D,3D,4D,6D,7D,8D,9D,14D,15D,16D,17D,19D,20D,21D,22D. The molecule has 4 aromatic heterocycles. The number of fused-ring (bicyclic) bond motifs is 9. The van der Waals surface area contributed by atoms with Crippen LogP contribution in [0.5, 0.6) is 0 Å². The third-order valence-electron chi connectivity index (χ3n) is 8.91. The molecular weight excluding hydrogens is 643 g/mol. The number of para-hydroxylation sites is 4. The summed E-state index contributed by atoms with van der Waals surface area (Å²) in [6.45, 7) is 0. The molecule has 4 heterocycles. The minimum Gasteiger partial charge on any atom is -0.278 e. The van der Waals surface area contributed by atoms with Crippen LogP contribution in [0.4, 0.5) is 0 Å². The van der Waals surface area contributed by atoms with E-state index >= 15 is 0 Å². The lowest BCUT2D eigenvalue weighted by atomic mass is 10.0. The van der Waals surface area contributed by atoms with Crippen molar-refractivity contribution in [2.45, 2.75) is 0 Å². The number of nitrogens with zero attached hydrogens (tertiary/aromatic N) is 5. The summed E-state index contributed by atoms with van der Waals surface area (Å²) in [4.78, 5) is 14.5. The Morgan fingerprint density at radius 1 is 0.412 bits per heavy atom. The summed E-state index contributed by atoms with van der Waals surface area (Å²) in [6, 6.07) is 10.8. The van der Waals surface area contributed by atoms with E-state index in [1.54, 1.807) is 29.5 Å². The van der Waals surface area contributed by atoms with Crippen molar-refractivity contribution in [1.82, 2.24) is 24.1 Å². The summed E-state index contributed by atoms with van der Waals surface area (Å²) in [5.74, 6) is -1.04. The van der Waals surface area contributed by atoms with Crippen LogP contribution in [-0.2, 0) is 0 Å². The van der Waals surface area contributed by atoms with Crippen LogP contribution >= 0.6 is 11.3 Å². The first-order valence-corrected chi connectivity index (χ1v) is 16.5. The molecule has 0 atom stereocenters. The highest BCUT2D eigenvalue weighted by atomic mass is 32.1. The van der Waals surface area contributed by atoms with Crippen LogP contribution < -0.4 is 0 Å². The molecular formula is C45H27N5S. The third kappa shape index (κ3) is 4.30. The molecule has 0 bridgehead atoms. The number of aromatic nitrogens is 5. The highest BCUT2D eigenvalue weighted by molar-refractivity contribution is 7.25. The Kier molecular flexibility index (Phi) is 3.61. The smallest absolute Gasteiger partial charge is 0.240 e. The van der Waals surface area contributed by atoms with E-state index in [0.717, 1.165) is 40.4 Å². The van der Waals surface area contributed by atoms with E-state index in [1.165, 1.54) is 0 Å². The SMILES string of the molecule is [2H]c1c([2H])c([2H])c2c(c1[2H])c1c([2H])c([2H])c([2H])c([2H])c1n2-c1nc(-c2cccc(-c3ccc4sc5ccccc5c4c3)c2)nc(-n2c3c([2H])c([2H])c([2H])c([2H])c3c3c([2H])c([2H])c([2H])c([2H])c32)n1. The summed E-state index contributed by atoms with van der Waals surface area (Å²) in [5.41, 5.74) is 0.639. The summed E-state index contributed by atoms with van der Waals surface area (Å²) in [7, 11) is 0. The average molecular weight is 686 g/mol. The zero-order chi connectivity index (χ0) is 47.4. The summed E-state index contributed by atoms with van der Waals surface area (Å²) >= 11 is 1.66. The van der Waals surface area contributed by atoms with E-state index < -0.39 is 109 Å². The molecule has 11 aromatic rings. The van der Waals surface area contributed by atoms with Gasteiger partial charge in [0.2, 0.25) is 11.9 Å². The Morgan fingerprint density at radius 3 is 1.49 bits per heavy atom. The fraction of sp³-hybridized carbons (Fsp3) is 0. The minimum atomic E-state index is -0.691. The van der Waals surface area contributed by atoms with Gasteiger partial charge in [0.25, 0.3) is 0 Å². The normalized spacial score (nSPS) is 16.3. The van der Waals surface area contributed by atoms with E-state index in [2.05, 4.69) is 12.1 Å². The number of hydrogen-bond donors (Lipinski definition) is 0. The second-order valence-electron chi connectivity index (χ2n) is 11.7. The second kappa shape index (κ2) is 10.9. The molecule has 0 amide bonds. The molecule has 51 heavy (non-hydrogen) atoms. The predicted molar refractivity (Wildman–Crippen MR) is 212 cm³/mol. The number of benzene rings is 7. The van der Waals surface area contributed by atoms with E-state index in [9.17, 15) is 0 Å². The van der Waals surface area contributed by atoms with E-state index in [4.69, 9.17) is 36.9 Å². The molecule has 0 unspecified atom stereocenters. The van der Waals surface area contributed by atoms with Gasteiger partial charge in [-0.25, -0.2) is 0 Å². The quantitative estimate of drug-likeness (QED) is 0.185. The van der Waals surface area contributed by atoms with Gasteiger partial charge in [-0.15, -0.1) is 11.3 Å². The van der Waals surface area contributed by atoms with Gasteiger partial charge < -0.3 is 0 Å². The Bertz CT molecular complexity index is 3750. The maximum absolute atomic E-state index is 9.16. The largest absolute Gasteiger partial charge is 0.278 e. The molecule has 6 heteroatoms. The molecule has 0 fully saturated rings. The van der Waals surface area contributed by atoms with Crippen molar-refractivity contribution < 1.29 is 21.9 Å². The molecule has 7 aromatic carbocycles. The fourth-order valence-corrected chi connectivity index (χ4v) is 7.75. The van der Waals surface area contributed by atoms with Crippen molar-refractivity contribution in [2.75, 3.05) is 0 Å². The van der Waals surface area contributed by atoms with Gasteiger partial charge in [-0.2, -0.15) is 15.0 Å². The number of hydrogen-bond acceptors (Lipinski definition) is 4. The van der Waals surface area contributed by atoms with Crippen LogP contribution in [0.25, 0.3) is 98.2 Å². The summed E-state index contributed by atoms with van der Waals surface area (Å²) in [6.07, 6.45) is 0. The molecule has 0 saturated heterocycles. The molecule has 238 valence electrons. The summed E-state index contributed by atoms with van der Waals surface area (Å²) in [5, 5.41) is 1.10. The molecule has 0 aliphatic heterocycles. The van der Waals surface area contributed by atoms with Crippen molar-refractivity contribution in [2.24, 2.45) is 0 Å². The first kappa shape index (κ1) is 16.9. The lowest BCUT2D eigenvalue weighted by Crippen LogP contribution is -2.10. The van der Waals surface area contributed by atoms with Gasteiger partial charge in [0, 0.05) is 47.3 Å². The second-order valence-corrected chi connectivity index (χ2v) is 12.8. The topological polar surface area (TPSA) is 48.5 Å². The highest BCUT2D eigenvalue weighted by Gasteiger charge is 2.20. The molecule has 5 nitrogen and oxygen atoms in total. The lowest BCUT2D eigenvalue weighted by Gasteiger charge is -2.13. The molecule has 0 aliphatic carbocycles. The van der Waals surface area contributed by atoms with Crippen molar-refractivity contribution in [3.63, 3.8) is 0 Å². The van der Waals surface area contributed by atoms with Crippen molar-refractivity contribution in [1.29, 1.82) is 0 Å². The van der Waals surface area contributed by atoms with Crippen LogP contribution in [-0.4, -0.2) is 24.1 Å². The zero-order valence-corrected chi connectivity index (χ0v) is 26.8. The highest BCUT2D eigenvalue weighted by Crippen LogP contribution is 2.38. The van der Waals surface area contributed by atoms with E-state index in [1.807, 2.05) is 36.4 Å². The molecule has 0 aliphatic rings. The van der Waals surface area contributed by atoms with Gasteiger partial charge >= 0.3 is 0 Å². The predicted octanol–water partition coefficient (Wildman–Crippen LogP) is 11.8. The van der Waals surface area contributed by atoms with Gasteiger partial charge in [0.15, 0.2) is 5.82 Å². The molecule has 0 saturated carbocycles. The molecule has 0 spiro atoms. The van der Waals surface area contributed by atoms with Gasteiger partial charge in [0.1, 0.15) is 0 Å². The van der Waals surface area contributed by atoms with Crippen LogP contribution in [0.1, 0.15) is 21.9 Å².